The highest BCUT2D eigenvalue weighted by Gasteiger charge is 1.98. The van der Waals surface area contributed by atoms with Crippen LogP contribution in [0.3, 0.4) is 0 Å². The first kappa shape index (κ1) is 9.07. The molecular weight excluding hydrogens is 152 g/mol. The summed E-state index contributed by atoms with van der Waals surface area (Å²) in [6.07, 6.45) is 0. The third-order valence-electron chi connectivity index (χ3n) is 1.81. The van der Waals surface area contributed by atoms with Gasteiger partial charge in [0, 0.05) is 0 Å². The predicted octanol–water partition coefficient (Wildman–Crippen LogP) is 2.31. The average molecular weight is 165 g/mol. The molecule has 2 heteroatoms. The average Bonchev–Trinajstić information content (AvgIpc) is 2.09. The highest BCUT2D eigenvalue weighted by Crippen LogP contribution is 2.17. The Morgan fingerprint density at radius 1 is 1.42 bits per heavy atom. The van der Waals surface area contributed by atoms with Crippen LogP contribution in [0.4, 0.5) is 0 Å². The second kappa shape index (κ2) is 4.12. The number of benzene rings is 1. The maximum atomic E-state index is 5.07. The molecule has 0 N–H and O–H groups in total. The lowest BCUT2D eigenvalue weighted by Gasteiger charge is -2.06. The molecule has 1 aromatic rings. The number of rotatable bonds is 3. The smallest absolute Gasteiger partial charge is 0.119 e. The van der Waals surface area contributed by atoms with E-state index in [1.54, 1.807) is 7.11 Å². The van der Waals surface area contributed by atoms with E-state index in [1.165, 1.54) is 0 Å². The van der Waals surface area contributed by atoms with Crippen LogP contribution in [0.25, 0.3) is 0 Å². The van der Waals surface area contributed by atoms with Gasteiger partial charge in [-0.25, -0.2) is 0 Å². The van der Waals surface area contributed by atoms with Crippen LogP contribution in [0.15, 0.2) is 18.2 Å². The highest BCUT2D eigenvalue weighted by atomic mass is 16.5. The lowest BCUT2D eigenvalue weighted by atomic mass is 10.1. The number of hydrogen-bond donors (Lipinski definition) is 0. The van der Waals surface area contributed by atoms with Crippen molar-refractivity contribution in [2.75, 3.05) is 7.11 Å². The summed E-state index contributed by atoms with van der Waals surface area (Å²) in [5, 5.41) is 0. The van der Waals surface area contributed by atoms with E-state index in [4.69, 9.17) is 9.47 Å². The molecule has 0 fully saturated rings. The van der Waals surface area contributed by atoms with Crippen molar-refractivity contribution in [3.8, 4) is 5.75 Å². The Balaban J connectivity index is 2.87. The van der Waals surface area contributed by atoms with Crippen molar-refractivity contribution in [3.05, 3.63) is 36.4 Å². The fourth-order valence-electron chi connectivity index (χ4n) is 1.07. The van der Waals surface area contributed by atoms with Gasteiger partial charge in [-0.05, 0) is 30.2 Å². The Labute approximate surface area is 73.1 Å². The van der Waals surface area contributed by atoms with Crippen LogP contribution < -0.4 is 4.74 Å². The summed E-state index contributed by atoms with van der Waals surface area (Å²) in [7, 11) is 4.99. The summed E-state index contributed by atoms with van der Waals surface area (Å²) in [5.74, 6) is 0.875. The van der Waals surface area contributed by atoms with Crippen molar-refractivity contribution in [2.24, 2.45) is 0 Å². The standard InChI is InChI=1S/C10H13O2/c1-8-6-10(12-3)5-4-9(8)7-11-2/h4-6H,2,7H2,1,3H3. The molecule has 1 aromatic carbocycles. The quantitative estimate of drug-likeness (QED) is 0.684. The van der Waals surface area contributed by atoms with Crippen molar-refractivity contribution < 1.29 is 9.47 Å². The maximum absolute atomic E-state index is 5.07. The van der Waals surface area contributed by atoms with Gasteiger partial charge in [-0.2, -0.15) is 0 Å². The molecule has 0 spiro atoms. The SMILES string of the molecule is [CH2]OCc1ccc(OC)cc1C. The van der Waals surface area contributed by atoms with Crippen LogP contribution in [-0.2, 0) is 11.3 Å². The minimum Gasteiger partial charge on any atom is -0.497 e. The van der Waals surface area contributed by atoms with Gasteiger partial charge in [0.2, 0.25) is 0 Å². The van der Waals surface area contributed by atoms with E-state index in [0.717, 1.165) is 16.9 Å². The highest BCUT2D eigenvalue weighted by molar-refractivity contribution is 5.34. The van der Waals surface area contributed by atoms with E-state index in [-0.39, 0.29) is 0 Å². The monoisotopic (exact) mass is 165 g/mol. The van der Waals surface area contributed by atoms with E-state index in [1.807, 2.05) is 25.1 Å². The number of aryl methyl sites for hydroxylation is 1. The summed E-state index contributed by atoms with van der Waals surface area (Å²) in [6.45, 7) is 2.58. The first-order valence-electron chi connectivity index (χ1n) is 3.78. The molecule has 1 rings (SSSR count). The lowest BCUT2D eigenvalue weighted by molar-refractivity contribution is 0.228. The van der Waals surface area contributed by atoms with E-state index in [9.17, 15) is 0 Å². The minimum atomic E-state index is 0.551. The van der Waals surface area contributed by atoms with Gasteiger partial charge in [-0.15, -0.1) is 0 Å². The van der Waals surface area contributed by atoms with Gasteiger partial charge in [-0.1, -0.05) is 6.07 Å². The number of hydrogen-bond acceptors (Lipinski definition) is 2. The van der Waals surface area contributed by atoms with E-state index >= 15 is 0 Å². The second-order valence-electron chi connectivity index (χ2n) is 2.64. The molecule has 65 valence electrons. The fourth-order valence-corrected chi connectivity index (χ4v) is 1.07. The van der Waals surface area contributed by atoms with Gasteiger partial charge in [0.15, 0.2) is 0 Å². The normalized spacial score (nSPS) is 9.92. The maximum Gasteiger partial charge on any atom is 0.119 e. The molecule has 0 aromatic heterocycles. The van der Waals surface area contributed by atoms with Crippen molar-refractivity contribution in [2.45, 2.75) is 13.5 Å². The van der Waals surface area contributed by atoms with Crippen LogP contribution in [0.1, 0.15) is 11.1 Å². The van der Waals surface area contributed by atoms with Gasteiger partial charge in [0.1, 0.15) is 5.75 Å². The molecule has 0 saturated carbocycles. The first-order chi connectivity index (χ1) is 5.77. The molecule has 0 amide bonds. The Hall–Kier alpha value is -1.02. The largest absolute Gasteiger partial charge is 0.497 e. The zero-order chi connectivity index (χ0) is 8.97. The van der Waals surface area contributed by atoms with Crippen LogP contribution in [-0.4, -0.2) is 7.11 Å². The fraction of sp³-hybridized carbons (Fsp3) is 0.300. The Morgan fingerprint density at radius 2 is 2.17 bits per heavy atom. The first-order valence-corrected chi connectivity index (χ1v) is 3.78. The van der Waals surface area contributed by atoms with Crippen molar-refractivity contribution in [1.29, 1.82) is 0 Å². The zero-order valence-electron chi connectivity index (χ0n) is 7.46. The van der Waals surface area contributed by atoms with Crippen LogP contribution in [0, 0.1) is 14.0 Å². The lowest BCUT2D eigenvalue weighted by Crippen LogP contribution is -1.91. The van der Waals surface area contributed by atoms with E-state index < -0.39 is 0 Å². The Bertz CT molecular complexity index is 256. The van der Waals surface area contributed by atoms with Gasteiger partial charge < -0.3 is 9.47 Å². The third kappa shape index (κ3) is 1.98. The molecule has 0 aliphatic rings. The molecule has 0 aliphatic heterocycles. The van der Waals surface area contributed by atoms with E-state index in [0.29, 0.717) is 6.61 Å². The topological polar surface area (TPSA) is 18.5 Å². The summed E-state index contributed by atoms with van der Waals surface area (Å²) in [4.78, 5) is 0. The summed E-state index contributed by atoms with van der Waals surface area (Å²) in [6, 6.07) is 5.88. The van der Waals surface area contributed by atoms with Crippen LogP contribution in [0.2, 0.25) is 0 Å². The molecular formula is C10H13O2. The minimum absolute atomic E-state index is 0.551. The van der Waals surface area contributed by atoms with Crippen LogP contribution >= 0.6 is 0 Å². The number of ether oxygens (including phenoxy) is 2. The molecule has 12 heavy (non-hydrogen) atoms. The van der Waals surface area contributed by atoms with Crippen LogP contribution in [0.5, 0.6) is 5.75 Å². The van der Waals surface area contributed by atoms with Gasteiger partial charge >= 0.3 is 0 Å². The molecule has 0 bridgehead atoms. The van der Waals surface area contributed by atoms with Gasteiger partial charge in [0.05, 0.1) is 20.8 Å². The Morgan fingerprint density at radius 3 is 2.67 bits per heavy atom. The molecule has 0 aliphatic carbocycles. The molecule has 0 atom stereocenters. The van der Waals surface area contributed by atoms with Crippen molar-refractivity contribution >= 4 is 0 Å². The molecule has 0 heterocycles. The summed E-state index contributed by atoms with van der Waals surface area (Å²) < 4.78 is 9.86. The van der Waals surface area contributed by atoms with Gasteiger partial charge in [-0.3, -0.25) is 0 Å². The van der Waals surface area contributed by atoms with Gasteiger partial charge in [0.25, 0.3) is 0 Å². The number of methoxy groups -OCH3 is 1. The summed E-state index contributed by atoms with van der Waals surface area (Å²) >= 11 is 0. The Kier molecular flexibility index (Phi) is 3.11. The molecule has 1 radical (unpaired) electrons. The van der Waals surface area contributed by atoms with Crippen molar-refractivity contribution in [3.63, 3.8) is 0 Å². The van der Waals surface area contributed by atoms with Crippen molar-refractivity contribution in [1.82, 2.24) is 0 Å². The summed E-state index contributed by atoms with van der Waals surface area (Å²) in [5.41, 5.74) is 2.31. The molecule has 0 saturated heterocycles. The molecule has 0 unspecified atom stereocenters. The van der Waals surface area contributed by atoms with E-state index in [2.05, 4.69) is 7.11 Å². The predicted molar refractivity (Wildman–Crippen MR) is 47.9 cm³/mol. The third-order valence-corrected chi connectivity index (χ3v) is 1.81. The zero-order valence-corrected chi connectivity index (χ0v) is 7.46. The molecule has 2 nitrogen and oxygen atoms in total. The second-order valence-corrected chi connectivity index (χ2v) is 2.64.